The molecule has 2 atom stereocenters. The van der Waals surface area contributed by atoms with Gasteiger partial charge in [-0.25, -0.2) is 26.7 Å². The Bertz CT molecular complexity index is 2130. The molecule has 6 nitrogen and oxygen atoms in total. The lowest BCUT2D eigenvalue weighted by atomic mass is 9.97. The van der Waals surface area contributed by atoms with Gasteiger partial charge in [0.05, 0.1) is 11.6 Å². The fraction of sp³-hybridized carbons (Fsp3) is 0.205. The molecule has 0 fully saturated rings. The molecule has 11 heteroatoms. The lowest BCUT2D eigenvalue weighted by Crippen LogP contribution is -2.44. The molecule has 1 heterocycles. The Hall–Kier alpha value is -4.28. The van der Waals surface area contributed by atoms with E-state index in [9.17, 15) is 22.7 Å². The maximum Gasteiger partial charge on any atom is 0.335 e. The number of nitrogens with zero attached hydrogens (tertiary/aromatic N) is 1. The number of fused-ring (bicyclic) bond motifs is 1. The summed E-state index contributed by atoms with van der Waals surface area (Å²) in [6.07, 6.45) is 4.48. The predicted molar refractivity (Wildman–Crippen MR) is 195 cm³/mol. The van der Waals surface area contributed by atoms with Crippen LogP contribution in [0, 0.1) is 0 Å². The van der Waals surface area contributed by atoms with Gasteiger partial charge in [0, 0.05) is 40.7 Å². The molecule has 0 amide bonds. The van der Waals surface area contributed by atoms with Crippen LogP contribution in [0.5, 0.6) is 0 Å². The molecular weight excluding hydrogens is 701 g/mol. The van der Waals surface area contributed by atoms with E-state index in [1.165, 1.54) is 0 Å². The van der Waals surface area contributed by atoms with Crippen LogP contribution in [0.2, 0.25) is 5.02 Å². The Morgan fingerprint density at radius 1 is 0.920 bits per heavy atom. The molecule has 0 radical (unpaired) electrons. The van der Waals surface area contributed by atoms with Crippen LogP contribution in [-0.4, -0.2) is 41.0 Å². The maximum absolute atomic E-state index is 15.1. The van der Waals surface area contributed by atoms with Crippen LogP contribution in [0.1, 0.15) is 50.8 Å². The molecule has 4 aromatic carbocycles. The van der Waals surface area contributed by atoms with Crippen LogP contribution < -0.4 is 4.72 Å². The number of sulfonamides is 1. The Morgan fingerprint density at radius 2 is 1.56 bits per heavy atom. The molecule has 0 spiro atoms. The zero-order chi connectivity index (χ0) is 35.5. The number of hydrogen-bond donors (Lipinski definition) is 2. The number of carboxylic acid groups (broad SMARTS) is 1. The number of alkyl halides is 2. The highest BCUT2D eigenvalue weighted by Gasteiger charge is 2.44. The van der Waals surface area contributed by atoms with Gasteiger partial charge < -0.3 is 9.67 Å². The third-order valence-corrected chi connectivity index (χ3v) is 11.4. The van der Waals surface area contributed by atoms with Crippen LogP contribution in [0.25, 0.3) is 10.9 Å². The largest absolute Gasteiger partial charge is 0.478 e. The highest BCUT2D eigenvalue weighted by atomic mass is 35.5. The second-order valence-electron chi connectivity index (χ2n) is 12.2. The van der Waals surface area contributed by atoms with Gasteiger partial charge in [0.25, 0.3) is 0 Å². The molecule has 0 saturated carbocycles. The summed E-state index contributed by atoms with van der Waals surface area (Å²) in [5.74, 6) is -1.94. The second kappa shape index (κ2) is 14.9. The van der Waals surface area contributed by atoms with Crippen LogP contribution in [-0.2, 0) is 29.3 Å². The van der Waals surface area contributed by atoms with E-state index in [4.69, 9.17) is 23.2 Å². The van der Waals surface area contributed by atoms with Crippen molar-refractivity contribution in [2.75, 3.05) is 6.54 Å². The van der Waals surface area contributed by atoms with Crippen molar-refractivity contribution in [1.29, 1.82) is 0 Å². The number of halogens is 4. The summed E-state index contributed by atoms with van der Waals surface area (Å²) in [7, 11) is -4.36. The van der Waals surface area contributed by atoms with Crippen LogP contribution in [0.15, 0.2) is 127 Å². The summed E-state index contributed by atoms with van der Waals surface area (Å²) in [5, 5.41) is 6.00. The lowest BCUT2D eigenvalue weighted by molar-refractivity contribution is 0.0697. The number of nitrogens with one attached hydrogen (secondary N) is 1. The molecule has 1 aromatic heterocycles. The van der Waals surface area contributed by atoms with Gasteiger partial charge in [-0.1, -0.05) is 102 Å². The van der Waals surface area contributed by atoms with E-state index in [2.05, 4.69) is 33.6 Å². The van der Waals surface area contributed by atoms with E-state index in [1.807, 2.05) is 66.7 Å². The normalized spacial score (nSPS) is 17.7. The molecule has 0 saturated heterocycles. The predicted octanol–water partition coefficient (Wildman–Crippen LogP) is 8.96. The molecular formula is C39H34Cl2F2N2O4S. The minimum Gasteiger partial charge on any atom is -0.478 e. The fourth-order valence-electron chi connectivity index (χ4n) is 6.63. The number of carboxylic acids is 1. The summed E-state index contributed by atoms with van der Waals surface area (Å²) in [4.78, 5) is 11.3. The summed E-state index contributed by atoms with van der Waals surface area (Å²) in [6.45, 7) is -0.0875. The molecule has 258 valence electrons. The first-order valence-corrected chi connectivity index (χ1v) is 18.4. The first-order chi connectivity index (χ1) is 23.9. The van der Waals surface area contributed by atoms with Gasteiger partial charge >= 0.3 is 5.97 Å². The van der Waals surface area contributed by atoms with E-state index in [0.29, 0.717) is 30.4 Å². The monoisotopic (exact) mass is 734 g/mol. The number of aryl methyl sites for hydroxylation is 2. The third-order valence-electron chi connectivity index (χ3n) is 8.90. The quantitative estimate of drug-likeness (QED) is 0.118. The van der Waals surface area contributed by atoms with E-state index in [-0.39, 0.29) is 24.6 Å². The van der Waals surface area contributed by atoms with Gasteiger partial charge in [-0.2, -0.15) is 0 Å². The van der Waals surface area contributed by atoms with Gasteiger partial charge in [0.15, 0.2) is 0 Å². The molecule has 1 aliphatic carbocycles. The number of hydrogen-bond acceptors (Lipinski definition) is 3. The number of aromatic nitrogens is 1. The number of rotatable bonds is 13. The third kappa shape index (κ3) is 7.71. The van der Waals surface area contributed by atoms with Crippen molar-refractivity contribution in [2.45, 2.75) is 42.1 Å². The summed E-state index contributed by atoms with van der Waals surface area (Å²) in [6, 6.07) is 32.2. The number of benzene rings is 4. The van der Waals surface area contributed by atoms with Gasteiger partial charge in [-0.3, -0.25) is 0 Å². The SMILES string of the molecule is O=C(O)c1ccc(CCCc2c(CCNS(=O)(=O)C3C=CC(F)=CC3(F)Cl)n(C(c3ccccc3)c3ccccc3)c3ccc(Cl)cc23)cc1. The van der Waals surface area contributed by atoms with Crippen molar-refractivity contribution in [1.82, 2.24) is 9.29 Å². The van der Waals surface area contributed by atoms with Crippen molar-refractivity contribution in [3.05, 3.63) is 166 Å². The Kier molecular flexibility index (Phi) is 10.6. The highest BCUT2D eigenvalue weighted by molar-refractivity contribution is 7.90. The number of carbonyl (C=O) groups is 1. The van der Waals surface area contributed by atoms with E-state index in [1.54, 1.807) is 12.1 Å². The van der Waals surface area contributed by atoms with Crippen molar-refractivity contribution < 1.29 is 27.1 Å². The van der Waals surface area contributed by atoms with Crippen molar-refractivity contribution in [3.63, 3.8) is 0 Å². The van der Waals surface area contributed by atoms with Gasteiger partial charge in [-0.15, -0.1) is 0 Å². The number of allylic oxidation sites excluding steroid dienone is 3. The van der Waals surface area contributed by atoms with E-state index in [0.717, 1.165) is 51.0 Å². The van der Waals surface area contributed by atoms with E-state index < -0.39 is 32.2 Å². The molecule has 2 unspecified atom stereocenters. The first-order valence-electron chi connectivity index (χ1n) is 16.1. The van der Waals surface area contributed by atoms with Gasteiger partial charge in [-0.05, 0) is 77.9 Å². The molecule has 0 bridgehead atoms. The smallest absolute Gasteiger partial charge is 0.335 e. The topological polar surface area (TPSA) is 88.4 Å². The average Bonchev–Trinajstić information content (AvgIpc) is 3.37. The molecule has 6 rings (SSSR count). The van der Waals surface area contributed by atoms with Crippen LogP contribution in [0.3, 0.4) is 0 Å². The van der Waals surface area contributed by atoms with Crippen LogP contribution in [0.4, 0.5) is 8.78 Å². The van der Waals surface area contributed by atoms with Crippen molar-refractivity contribution in [2.24, 2.45) is 0 Å². The van der Waals surface area contributed by atoms with Crippen LogP contribution >= 0.6 is 23.2 Å². The fourth-order valence-corrected chi connectivity index (χ4v) is 8.66. The Morgan fingerprint density at radius 3 is 2.16 bits per heavy atom. The molecule has 1 aliphatic rings. The lowest BCUT2D eigenvalue weighted by Gasteiger charge is -2.26. The summed E-state index contributed by atoms with van der Waals surface area (Å²) < 4.78 is 60.3. The minimum atomic E-state index is -4.36. The molecule has 5 aromatic rings. The van der Waals surface area contributed by atoms with E-state index >= 15 is 4.39 Å². The zero-order valence-corrected chi connectivity index (χ0v) is 29.1. The highest BCUT2D eigenvalue weighted by Crippen LogP contribution is 2.39. The average molecular weight is 736 g/mol. The second-order valence-corrected chi connectivity index (χ2v) is 15.1. The Balaban J connectivity index is 1.42. The minimum absolute atomic E-state index is 0.0875. The standard InChI is InChI=1S/C39H34Cl2F2N2O4S/c40-30-18-20-34-33(24-30)32(13-7-8-26-14-16-29(17-15-26)38(46)47)35(22-23-44-50(48,49)36-21-19-31(42)25-39(36,41)43)45(34)37(27-9-3-1-4-10-27)28-11-5-2-6-12-28/h1-6,9-12,14-21,24-25,36-37,44H,7-8,13,22-23H2,(H,46,47). The van der Waals surface area contributed by atoms with Crippen molar-refractivity contribution >= 4 is 50.1 Å². The summed E-state index contributed by atoms with van der Waals surface area (Å²) >= 11 is 12.4. The first kappa shape index (κ1) is 35.5. The van der Waals surface area contributed by atoms with Gasteiger partial charge in [0.2, 0.25) is 15.2 Å². The molecule has 50 heavy (non-hydrogen) atoms. The summed E-state index contributed by atoms with van der Waals surface area (Å²) in [5.41, 5.74) is 6.00. The number of aromatic carboxylic acids is 1. The Labute approximate surface area is 299 Å². The van der Waals surface area contributed by atoms with Crippen molar-refractivity contribution in [3.8, 4) is 0 Å². The maximum atomic E-state index is 15.1. The molecule has 0 aliphatic heterocycles. The zero-order valence-electron chi connectivity index (χ0n) is 26.8. The van der Waals surface area contributed by atoms with Gasteiger partial charge in [0.1, 0.15) is 11.1 Å². The molecule has 2 N–H and O–H groups in total.